The molecule has 0 aromatic heterocycles. The number of guanidine groups is 1. The molecule has 0 amide bonds. The zero-order valence-electron chi connectivity index (χ0n) is 10.6. The van der Waals surface area contributed by atoms with Crippen LogP contribution < -0.4 is 10.6 Å². The van der Waals surface area contributed by atoms with Crippen molar-refractivity contribution in [3.05, 3.63) is 65.7 Å². The average molecular weight is 273 g/mol. The van der Waals surface area contributed by atoms with E-state index in [1.54, 1.807) is 4.90 Å². The molecule has 5 heteroatoms. The molecule has 2 N–H and O–H groups in total. The summed E-state index contributed by atoms with van der Waals surface area (Å²) in [5.41, 5.74) is 6.95. The van der Waals surface area contributed by atoms with Gasteiger partial charge in [-0.15, -0.1) is 0 Å². The third-order valence-corrected chi connectivity index (χ3v) is 3.34. The quantitative estimate of drug-likeness (QED) is 0.914. The van der Waals surface area contributed by atoms with Gasteiger partial charge in [-0.25, -0.2) is 8.78 Å². The van der Waals surface area contributed by atoms with E-state index in [2.05, 4.69) is 4.99 Å². The summed E-state index contributed by atoms with van der Waals surface area (Å²) in [6.07, 6.45) is 0. The molecule has 2 aromatic carbocycles. The smallest absolute Gasteiger partial charge is 0.196 e. The van der Waals surface area contributed by atoms with Gasteiger partial charge >= 0.3 is 0 Å². The fraction of sp³-hybridized carbons (Fsp3) is 0.133. The number of halogens is 2. The van der Waals surface area contributed by atoms with E-state index in [4.69, 9.17) is 5.73 Å². The maximum Gasteiger partial charge on any atom is 0.196 e. The highest BCUT2D eigenvalue weighted by Gasteiger charge is 2.30. The average Bonchev–Trinajstić information content (AvgIpc) is 2.84. The molecule has 0 radical (unpaired) electrons. The van der Waals surface area contributed by atoms with E-state index < -0.39 is 17.7 Å². The van der Waals surface area contributed by atoms with Crippen LogP contribution in [0.1, 0.15) is 11.6 Å². The molecule has 1 aliphatic heterocycles. The second-order valence-electron chi connectivity index (χ2n) is 4.59. The molecule has 2 aromatic rings. The molecule has 3 nitrogen and oxygen atoms in total. The van der Waals surface area contributed by atoms with Gasteiger partial charge in [0, 0.05) is 11.3 Å². The fourth-order valence-corrected chi connectivity index (χ4v) is 2.41. The first-order chi connectivity index (χ1) is 9.66. The molecule has 0 spiro atoms. The molecular weight excluding hydrogens is 260 g/mol. The summed E-state index contributed by atoms with van der Waals surface area (Å²) >= 11 is 0. The highest BCUT2D eigenvalue weighted by Crippen LogP contribution is 2.32. The van der Waals surface area contributed by atoms with Crippen molar-refractivity contribution >= 4 is 11.6 Å². The maximum absolute atomic E-state index is 14.0. The number of rotatable bonds is 2. The molecule has 0 bridgehead atoms. The van der Waals surface area contributed by atoms with Crippen molar-refractivity contribution in [2.75, 3.05) is 11.4 Å². The molecule has 20 heavy (non-hydrogen) atoms. The first-order valence-corrected chi connectivity index (χ1v) is 6.26. The molecule has 1 atom stereocenters. The summed E-state index contributed by atoms with van der Waals surface area (Å²) in [6.45, 7) is 0.307. The molecule has 1 aliphatic rings. The van der Waals surface area contributed by atoms with E-state index in [-0.39, 0.29) is 5.56 Å². The SMILES string of the molecule is NC1=NCC(c2cc(F)ccc2F)N1c1ccccc1. The highest BCUT2D eigenvalue weighted by atomic mass is 19.1. The third kappa shape index (κ3) is 2.11. The van der Waals surface area contributed by atoms with Crippen LogP contribution in [0.15, 0.2) is 53.5 Å². The van der Waals surface area contributed by atoms with E-state index in [0.29, 0.717) is 12.5 Å². The van der Waals surface area contributed by atoms with Crippen molar-refractivity contribution in [1.82, 2.24) is 0 Å². The predicted octanol–water partition coefficient (Wildman–Crippen LogP) is 2.84. The summed E-state index contributed by atoms with van der Waals surface area (Å²) in [7, 11) is 0. The predicted molar refractivity (Wildman–Crippen MR) is 74.5 cm³/mol. The van der Waals surface area contributed by atoms with Crippen LogP contribution in [0.5, 0.6) is 0 Å². The summed E-state index contributed by atoms with van der Waals surface area (Å²) in [5.74, 6) is -0.619. The van der Waals surface area contributed by atoms with Gasteiger partial charge in [0.05, 0.1) is 12.6 Å². The van der Waals surface area contributed by atoms with E-state index in [1.165, 1.54) is 6.07 Å². The van der Waals surface area contributed by atoms with Crippen LogP contribution in [0.2, 0.25) is 0 Å². The van der Waals surface area contributed by atoms with Crippen LogP contribution in [0.25, 0.3) is 0 Å². The Morgan fingerprint density at radius 1 is 1.10 bits per heavy atom. The second-order valence-corrected chi connectivity index (χ2v) is 4.59. The first-order valence-electron chi connectivity index (χ1n) is 6.26. The Morgan fingerprint density at radius 2 is 1.85 bits per heavy atom. The molecule has 1 heterocycles. The number of para-hydroxylation sites is 1. The fourth-order valence-electron chi connectivity index (χ4n) is 2.41. The molecule has 0 saturated carbocycles. The van der Waals surface area contributed by atoms with Gasteiger partial charge in [-0.1, -0.05) is 18.2 Å². The van der Waals surface area contributed by atoms with Crippen molar-refractivity contribution in [2.24, 2.45) is 10.7 Å². The lowest BCUT2D eigenvalue weighted by molar-refractivity contribution is 0.568. The zero-order chi connectivity index (χ0) is 14.1. The molecule has 102 valence electrons. The Morgan fingerprint density at radius 3 is 2.60 bits per heavy atom. The standard InChI is InChI=1S/C15H13F2N3/c16-10-6-7-13(17)12(8-10)14-9-19-15(18)20(14)11-4-2-1-3-5-11/h1-8,14H,9H2,(H2,18,19). The minimum Gasteiger partial charge on any atom is -0.369 e. The van der Waals surface area contributed by atoms with Gasteiger partial charge in [0.2, 0.25) is 0 Å². The van der Waals surface area contributed by atoms with E-state index >= 15 is 0 Å². The van der Waals surface area contributed by atoms with Crippen LogP contribution in [0, 0.1) is 11.6 Å². The number of aliphatic imine (C=N–C) groups is 1. The van der Waals surface area contributed by atoms with Crippen LogP contribution in [0.3, 0.4) is 0 Å². The van der Waals surface area contributed by atoms with Gasteiger partial charge in [0.1, 0.15) is 11.6 Å². The van der Waals surface area contributed by atoms with Crippen LogP contribution in [0.4, 0.5) is 14.5 Å². The monoisotopic (exact) mass is 273 g/mol. The van der Waals surface area contributed by atoms with E-state index in [0.717, 1.165) is 17.8 Å². The Hall–Kier alpha value is -2.43. The van der Waals surface area contributed by atoms with Crippen LogP contribution >= 0.6 is 0 Å². The summed E-state index contributed by atoms with van der Waals surface area (Å²) in [4.78, 5) is 5.87. The minimum absolute atomic E-state index is 0.262. The largest absolute Gasteiger partial charge is 0.369 e. The van der Waals surface area contributed by atoms with Gasteiger partial charge in [-0.3, -0.25) is 4.99 Å². The Kier molecular flexibility index (Phi) is 3.10. The first kappa shape index (κ1) is 12.6. The Bertz CT molecular complexity index is 655. The zero-order valence-corrected chi connectivity index (χ0v) is 10.6. The summed E-state index contributed by atoms with van der Waals surface area (Å²) in [6, 6.07) is 12.3. The van der Waals surface area contributed by atoms with Crippen molar-refractivity contribution in [2.45, 2.75) is 6.04 Å². The van der Waals surface area contributed by atoms with Crippen molar-refractivity contribution < 1.29 is 8.78 Å². The number of benzene rings is 2. The molecule has 0 fully saturated rings. The lowest BCUT2D eigenvalue weighted by atomic mass is 10.0. The second kappa shape index (κ2) is 4.92. The van der Waals surface area contributed by atoms with E-state index in [9.17, 15) is 8.78 Å². The van der Waals surface area contributed by atoms with Crippen molar-refractivity contribution in [3.63, 3.8) is 0 Å². The minimum atomic E-state index is -0.472. The van der Waals surface area contributed by atoms with E-state index in [1.807, 2.05) is 30.3 Å². The van der Waals surface area contributed by atoms with Crippen LogP contribution in [-0.4, -0.2) is 12.5 Å². The van der Waals surface area contributed by atoms with Gasteiger partial charge in [0.25, 0.3) is 0 Å². The third-order valence-electron chi connectivity index (χ3n) is 3.34. The number of nitrogens with two attached hydrogens (primary N) is 1. The number of hydrogen-bond acceptors (Lipinski definition) is 3. The molecule has 1 unspecified atom stereocenters. The van der Waals surface area contributed by atoms with Gasteiger partial charge in [-0.2, -0.15) is 0 Å². The molecule has 3 rings (SSSR count). The topological polar surface area (TPSA) is 41.6 Å². The number of nitrogens with zero attached hydrogens (tertiary/aromatic N) is 2. The van der Waals surface area contributed by atoms with Gasteiger partial charge < -0.3 is 10.6 Å². The molecule has 0 saturated heterocycles. The highest BCUT2D eigenvalue weighted by molar-refractivity contribution is 5.97. The Balaban J connectivity index is 2.04. The normalized spacial score (nSPS) is 18.2. The summed E-state index contributed by atoms with van der Waals surface area (Å²) < 4.78 is 27.3. The maximum atomic E-state index is 14.0. The van der Waals surface area contributed by atoms with Gasteiger partial charge in [0.15, 0.2) is 5.96 Å². The lowest BCUT2D eigenvalue weighted by Gasteiger charge is -2.26. The van der Waals surface area contributed by atoms with Crippen molar-refractivity contribution in [1.29, 1.82) is 0 Å². The number of hydrogen-bond donors (Lipinski definition) is 1. The molecular formula is C15H13F2N3. The van der Waals surface area contributed by atoms with Crippen molar-refractivity contribution in [3.8, 4) is 0 Å². The Labute approximate surface area is 115 Å². The molecule has 0 aliphatic carbocycles. The number of anilines is 1. The van der Waals surface area contributed by atoms with Crippen LogP contribution in [-0.2, 0) is 0 Å². The summed E-state index contributed by atoms with van der Waals surface area (Å²) in [5, 5.41) is 0. The lowest BCUT2D eigenvalue weighted by Crippen LogP contribution is -2.36. The van der Waals surface area contributed by atoms with Gasteiger partial charge in [-0.05, 0) is 30.3 Å².